The Labute approximate surface area is 75.0 Å². The molecule has 0 aromatic rings. The molecule has 0 radical (unpaired) electrons. The Morgan fingerprint density at radius 1 is 1.27 bits per heavy atom. The minimum atomic E-state index is -1.36. The predicted molar refractivity (Wildman–Crippen MR) is 52.6 cm³/mol. The van der Waals surface area contributed by atoms with Gasteiger partial charge in [0.2, 0.25) is 0 Å². The molecule has 0 heterocycles. The molecule has 0 N–H and O–H groups in total. The van der Waals surface area contributed by atoms with Crippen LogP contribution in [0.2, 0.25) is 18.1 Å². The Hall–Kier alpha value is 0.507. The fourth-order valence-corrected chi connectivity index (χ4v) is 6.08. The molecule has 0 unspecified atom stereocenters. The summed E-state index contributed by atoms with van der Waals surface area (Å²) in [6.45, 7) is 4.67. The van der Waals surface area contributed by atoms with Gasteiger partial charge in [0.1, 0.15) is 0 Å². The molecule has 0 atom stereocenters. The fraction of sp³-hybridized carbons (Fsp3) is 1.00. The topological polar surface area (TPSA) is 0 Å². The maximum Gasteiger partial charge on any atom is 0.156 e. The summed E-state index contributed by atoms with van der Waals surface area (Å²) in [5, 5.41) is 0.652. The van der Waals surface area contributed by atoms with Crippen molar-refractivity contribution in [3.05, 3.63) is 0 Å². The van der Waals surface area contributed by atoms with E-state index in [0.717, 1.165) is 5.92 Å². The van der Waals surface area contributed by atoms with Crippen LogP contribution < -0.4 is 0 Å². The molecule has 0 saturated heterocycles. The third-order valence-corrected chi connectivity index (χ3v) is 8.43. The number of rotatable bonds is 1. The van der Waals surface area contributed by atoms with Gasteiger partial charge in [-0.05, 0) is 30.2 Å². The standard InChI is InChI=1S/C9H17ClSi/c1-11(2,10)9-5-3-8(7-9)4-6-9/h8H,3-7H2,1-2H3. The van der Waals surface area contributed by atoms with Crippen molar-refractivity contribution in [1.82, 2.24) is 0 Å². The van der Waals surface area contributed by atoms with E-state index in [1.807, 2.05) is 0 Å². The predicted octanol–water partition coefficient (Wildman–Crippen LogP) is 3.76. The van der Waals surface area contributed by atoms with Crippen molar-refractivity contribution in [2.45, 2.75) is 50.2 Å². The van der Waals surface area contributed by atoms with Crippen LogP contribution >= 0.6 is 11.1 Å². The molecule has 0 aliphatic heterocycles. The van der Waals surface area contributed by atoms with Crippen molar-refractivity contribution < 1.29 is 0 Å². The van der Waals surface area contributed by atoms with E-state index in [1.165, 1.54) is 32.1 Å². The first kappa shape index (κ1) is 8.12. The van der Waals surface area contributed by atoms with Gasteiger partial charge in [0, 0.05) is 0 Å². The highest BCUT2D eigenvalue weighted by Crippen LogP contribution is 2.65. The van der Waals surface area contributed by atoms with Gasteiger partial charge in [-0.1, -0.05) is 25.9 Å². The Morgan fingerprint density at radius 3 is 2.00 bits per heavy atom. The molecule has 2 aliphatic rings. The second-order valence-corrected chi connectivity index (χ2v) is 11.7. The minimum absolute atomic E-state index is 0.652. The van der Waals surface area contributed by atoms with E-state index in [2.05, 4.69) is 13.1 Å². The number of hydrogen-bond acceptors (Lipinski definition) is 0. The zero-order chi connectivity index (χ0) is 8.11. The smallest absolute Gasteiger partial charge is 0.156 e. The molecule has 2 fully saturated rings. The molecule has 2 heteroatoms. The first-order chi connectivity index (χ1) is 5.04. The summed E-state index contributed by atoms with van der Waals surface area (Å²) in [5.41, 5.74) is 0. The number of halogens is 1. The van der Waals surface area contributed by atoms with Gasteiger partial charge >= 0.3 is 0 Å². The Balaban J connectivity index is 2.23. The third-order valence-electron chi connectivity index (χ3n) is 4.00. The molecule has 0 nitrogen and oxygen atoms in total. The summed E-state index contributed by atoms with van der Waals surface area (Å²) in [4.78, 5) is 0. The molecule has 11 heavy (non-hydrogen) atoms. The normalized spacial score (nSPS) is 43.4. The maximum absolute atomic E-state index is 6.56. The molecule has 2 bridgehead atoms. The van der Waals surface area contributed by atoms with Crippen LogP contribution in [0, 0.1) is 5.92 Å². The highest BCUT2D eigenvalue weighted by Gasteiger charge is 2.54. The van der Waals surface area contributed by atoms with E-state index in [4.69, 9.17) is 11.1 Å². The zero-order valence-corrected chi connectivity index (χ0v) is 9.25. The fourth-order valence-electron chi connectivity index (χ4n) is 3.03. The van der Waals surface area contributed by atoms with E-state index in [1.54, 1.807) is 0 Å². The van der Waals surface area contributed by atoms with Crippen LogP contribution in [0.1, 0.15) is 32.1 Å². The van der Waals surface area contributed by atoms with E-state index in [0.29, 0.717) is 5.04 Å². The van der Waals surface area contributed by atoms with Crippen molar-refractivity contribution in [1.29, 1.82) is 0 Å². The molecule has 64 valence electrons. The second kappa shape index (κ2) is 2.26. The average molecular weight is 189 g/mol. The molecule has 0 aromatic carbocycles. The van der Waals surface area contributed by atoms with Crippen LogP contribution in [0.4, 0.5) is 0 Å². The molecular weight excluding hydrogens is 172 g/mol. The highest BCUT2D eigenvalue weighted by molar-refractivity contribution is 7.20. The largest absolute Gasteiger partial charge is 0.167 e. The van der Waals surface area contributed by atoms with Crippen LogP contribution in [-0.2, 0) is 0 Å². The quantitative estimate of drug-likeness (QED) is 0.434. The highest BCUT2D eigenvalue weighted by atomic mass is 35.6. The maximum atomic E-state index is 6.56. The van der Waals surface area contributed by atoms with Crippen molar-refractivity contribution in [2.24, 2.45) is 5.92 Å². The van der Waals surface area contributed by atoms with Gasteiger partial charge in [0.15, 0.2) is 7.38 Å². The SMILES string of the molecule is C[Si](C)(Cl)C12CCC(CC1)C2. The van der Waals surface area contributed by atoms with E-state index >= 15 is 0 Å². The van der Waals surface area contributed by atoms with E-state index < -0.39 is 7.38 Å². The molecule has 0 spiro atoms. The van der Waals surface area contributed by atoms with Gasteiger partial charge in [-0.2, -0.15) is 11.1 Å². The molecule has 2 rings (SSSR count). The van der Waals surface area contributed by atoms with Crippen LogP contribution in [0.25, 0.3) is 0 Å². The van der Waals surface area contributed by atoms with E-state index in [-0.39, 0.29) is 0 Å². The van der Waals surface area contributed by atoms with Crippen LogP contribution in [-0.4, -0.2) is 7.38 Å². The van der Waals surface area contributed by atoms with Gasteiger partial charge in [0.05, 0.1) is 0 Å². The summed E-state index contributed by atoms with van der Waals surface area (Å²) >= 11 is 6.56. The first-order valence-electron chi connectivity index (χ1n) is 4.72. The van der Waals surface area contributed by atoms with Crippen molar-refractivity contribution in [3.8, 4) is 0 Å². The van der Waals surface area contributed by atoms with Crippen molar-refractivity contribution in [2.75, 3.05) is 0 Å². The molecular formula is C9H17ClSi. The number of fused-ring (bicyclic) bond motifs is 2. The molecule has 2 saturated carbocycles. The summed E-state index contributed by atoms with van der Waals surface area (Å²) in [6.07, 6.45) is 7.31. The van der Waals surface area contributed by atoms with Gasteiger partial charge in [-0.3, -0.25) is 0 Å². The van der Waals surface area contributed by atoms with Crippen molar-refractivity contribution >= 4 is 18.5 Å². The molecule has 0 amide bonds. The van der Waals surface area contributed by atoms with Gasteiger partial charge in [-0.15, -0.1) is 0 Å². The Kier molecular flexibility index (Phi) is 1.67. The average Bonchev–Trinajstić information content (AvgIpc) is 2.42. The van der Waals surface area contributed by atoms with Crippen LogP contribution in [0.5, 0.6) is 0 Å². The van der Waals surface area contributed by atoms with Gasteiger partial charge < -0.3 is 0 Å². The molecule has 2 aliphatic carbocycles. The number of hydrogen-bond donors (Lipinski definition) is 0. The summed E-state index contributed by atoms with van der Waals surface area (Å²) in [5.74, 6) is 1.06. The third kappa shape index (κ3) is 1.08. The Morgan fingerprint density at radius 2 is 1.82 bits per heavy atom. The summed E-state index contributed by atoms with van der Waals surface area (Å²) in [7, 11) is -1.36. The zero-order valence-electron chi connectivity index (χ0n) is 7.49. The lowest BCUT2D eigenvalue weighted by Gasteiger charge is -2.36. The monoisotopic (exact) mass is 188 g/mol. The van der Waals surface area contributed by atoms with Gasteiger partial charge in [-0.25, -0.2) is 0 Å². The second-order valence-electron chi connectivity index (χ2n) is 4.90. The first-order valence-corrected chi connectivity index (χ1v) is 8.74. The summed E-state index contributed by atoms with van der Waals surface area (Å²) in [6, 6.07) is 0. The van der Waals surface area contributed by atoms with Gasteiger partial charge in [0.25, 0.3) is 0 Å². The Bertz CT molecular complexity index is 163. The lowest BCUT2D eigenvalue weighted by atomic mass is 10.0. The molecule has 0 aromatic heterocycles. The van der Waals surface area contributed by atoms with E-state index in [9.17, 15) is 0 Å². The minimum Gasteiger partial charge on any atom is -0.167 e. The lowest BCUT2D eigenvalue weighted by molar-refractivity contribution is 0.484. The van der Waals surface area contributed by atoms with Crippen LogP contribution in [0.15, 0.2) is 0 Å². The van der Waals surface area contributed by atoms with Crippen molar-refractivity contribution in [3.63, 3.8) is 0 Å². The summed E-state index contributed by atoms with van der Waals surface area (Å²) < 4.78 is 0. The lowest BCUT2D eigenvalue weighted by Crippen LogP contribution is -2.34. The van der Waals surface area contributed by atoms with Crippen LogP contribution in [0.3, 0.4) is 0 Å².